The monoisotopic (exact) mass is 290 g/mol. The zero-order chi connectivity index (χ0) is 14.8. The number of nitrogens with zero attached hydrogens (tertiary/aromatic N) is 1. The van der Waals surface area contributed by atoms with Gasteiger partial charge in [0.2, 0.25) is 0 Å². The third-order valence-electron chi connectivity index (χ3n) is 3.99. The van der Waals surface area contributed by atoms with E-state index in [2.05, 4.69) is 5.32 Å². The predicted octanol–water partition coefficient (Wildman–Crippen LogP) is 1.56. The van der Waals surface area contributed by atoms with E-state index in [1.807, 2.05) is 24.3 Å². The van der Waals surface area contributed by atoms with E-state index in [1.54, 1.807) is 4.90 Å². The number of anilines is 1. The van der Waals surface area contributed by atoms with Crippen LogP contribution >= 0.6 is 0 Å². The smallest absolute Gasteiger partial charge is 0.322 e. The minimum atomic E-state index is -0.846. The van der Waals surface area contributed by atoms with E-state index in [-0.39, 0.29) is 24.4 Å². The minimum absolute atomic E-state index is 0.0351. The molecular formula is C15H18N2O4. The lowest BCUT2D eigenvalue weighted by atomic mass is 9.98. The summed E-state index contributed by atoms with van der Waals surface area (Å²) >= 11 is 0. The van der Waals surface area contributed by atoms with Gasteiger partial charge in [-0.25, -0.2) is 4.79 Å². The molecule has 0 bridgehead atoms. The summed E-state index contributed by atoms with van der Waals surface area (Å²) in [5.74, 6) is -0.995. The van der Waals surface area contributed by atoms with Crippen LogP contribution in [0.1, 0.15) is 24.3 Å². The van der Waals surface area contributed by atoms with E-state index in [1.165, 1.54) is 0 Å². The number of carbonyl (C=O) groups excluding carboxylic acids is 1. The molecule has 2 aliphatic rings. The predicted molar refractivity (Wildman–Crippen MR) is 76.5 cm³/mol. The van der Waals surface area contributed by atoms with Gasteiger partial charge in [0, 0.05) is 24.8 Å². The van der Waals surface area contributed by atoms with E-state index in [4.69, 9.17) is 9.84 Å². The van der Waals surface area contributed by atoms with Gasteiger partial charge < -0.3 is 15.2 Å². The van der Waals surface area contributed by atoms with Crippen molar-refractivity contribution >= 4 is 17.7 Å². The van der Waals surface area contributed by atoms with Crippen molar-refractivity contribution in [3.8, 4) is 0 Å². The molecule has 2 unspecified atom stereocenters. The van der Waals surface area contributed by atoms with Crippen molar-refractivity contribution in [3.63, 3.8) is 0 Å². The van der Waals surface area contributed by atoms with Gasteiger partial charge in [-0.2, -0.15) is 0 Å². The average molecular weight is 290 g/mol. The van der Waals surface area contributed by atoms with Gasteiger partial charge in [-0.3, -0.25) is 9.69 Å². The number of ether oxygens (including phenoxy) is 1. The number of aliphatic carboxylic acids is 1. The molecule has 2 aliphatic heterocycles. The van der Waals surface area contributed by atoms with Crippen LogP contribution in [0.5, 0.6) is 0 Å². The molecule has 2 amide bonds. The highest BCUT2D eigenvalue weighted by Crippen LogP contribution is 2.37. The van der Waals surface area contributed by atoms with E-state index in [0.717, 1.165) is 17.7 Å². The molecule has 0 spiro atoms. The van der Waals surface area contributed by atoms with Gasteiger partial charge in [-0.05, 0) is 18.1 Å². The van der Waals surface area contributed by atoms with Crippen LogP contribution in [0, 0.1) is 0 Å². The van der Waals surface area contributed by atoms with Crippen LogP contribution in [-0.2, 0) is 9.53 Å². The van der Waals surface area contributed by atoms with Crippen LogP contribution in [0.4, 0.5) is 10.5 Å². The Balaban J connectivity index is 1.76. The molecule has 0 aromatic heterocycles. The maximum Gasteiger partial charge on any atom is 0.322 e. The van der Waals surface area contributed by atoms with Crippen molar-refractivity contribution in [2.45, 2.75) is 24.8 Å². The lowest BCUT2D eigenvalue weighted by Crippen LogP contribution is -2.44. The van der Waals surface area contributed by atoms with Crippen molar-refractivity contribution in [2.24, 2.45) is 0 Å². The lowest BCUT2D eigenvalue weighted by molar-refractivity contribution is -0.137. The quantitative estimate of drug-likeness (QED) is 0.885. The summed E-state index contributed by atoms with van der Waals surface area (Å²) in [5.41, 5.74) is 1.73. The highest BCUT2D eigenvalue weighted by Gasteiger charge is 2.34. The summed E-state index contributed by atoms with van der Waals surface area (Å²) in [6.45, 7) is 1.62. The van der Waals surface area contributed by atoms with Gasteiger partial charge in [0.1, 0.15) is 0 Å². The fourth-order valence-corrected chi connectivity index (χ4v) is 2.97. The van der Waals surface area contributed by atoms with Crippen molar-refractivity contribution in [2.75, 3.05) is 24.7 Å². The Bertz CT molecular complexity index is 554. The zero-order valence-corrected chi connectivity index (χ0v) is 11.6. The minimum Gasteiger partial charge on any atom is -0.481 e. The number of carboxylic acid groups (broad SMARTS) is 1. The molecule has 21 heavy (non-hydrogen) atoms. The van der Waals surface area contributed by atoms with Crippen molar-refractivity contribution in [1.82, 2.24) is 5.32 Å². The van der Waals surface area contributed by atoms with Gasteiger partial charge in [-0.1, -0.05) is 18.2 Å². The third kappa shape index (κ3) is 2.85. The van der Waals surface area contributed by atoms with Crippen LogP contribution in [0.25, 0.3) is 0 Å². The number of nitrogens with one attached hydrogen (secondary N) is 1. The summed E-state index contributed by atoms with van der Waals surface area (Å²) in [6, 6.07) is 7.37. The number of hydrogen-bond acceptors (Lipinski definition) is 3. The van der Waals surface area contributed by atoms with Crippen LogP contribution in [0.3, 0.4) is 0 Å². The molecule has 2 N–H and O–H groups in total. The number of urea groups is 1. The number of amides is 2. The molecular weight excluding hydrogens is 272 g/mol. The molecule has 0 saturated carbocycles. The molecule has 2 heterocycles. The molecule has 6 nitrogen and oxygen atoms in total. The Labute approximate surface area is 122 Å². The molecule has 1 aromatic carbocycles. The van der Waals surface area contributed by atoms with Crippen LogP contribution in [0.2, 0.25) is 0 Å². The first-order valence-electron chi connectivity index (χ1n) is 7.11. The first kappa shape index (κ1) is 13.9. The highest BCUT2D eigenvalue weighted by molar-refractivity contribution is 5.95. The van der Waals surface area contributed by atoms with E-state index in [9.17, 15) is 9.59 Å². The second kappa shape index (κ2) is 5.73. The summed E-state index contributed by atoms with van der Waals surface area (Å²) in [7, 11) is 0. The first-order chi connectivity index (χ1) is 10.1. The maximum absolute atomic E-state index is 12.4. The van der Waals surface area contributed by atoms with Gasteiger partial charge in [0.05, 0.1) is 19.1 Å². The molecule has 6 heteroatoms. The Morgan fingerprint density at radius 3 is 2.90 bits per heavy atom. The maximum atomic E-state index is 12.4. The third-order valence-corrected chi connectivity index (χ3v) is 3.99. The Hall–Kier alpha value is -2.08. The summed E-state index contributed by atoms with van der Waals surface area (Å²) in [5, 5.41) is 12.0. The zero-order valence-electron chi connectivity index (χ0n) is 11.6. The van der Waals surface area contributed by atoms with E-state index >= 15 is 0 Å². The van der Waals surface area contributed by atoms with E-state index < -0.39 is 5.97 Å². The highest BCUT2D eigenvalue weighted by atomic mass is 16.5. The summed E-state index contributed by atoms with van der Waals surface area (Å²) in [4.78, 5) is 25.0. The van der Waals surface area contributed by atoms with Crippen molar-refractivity contribution in [3.05, 3.63) is 29.8 Å². The molecule has 0 aliphatic carbocycles. The van der Waals surface area contributed by atoms with Gasteiger partial charge in [0.25, 0.3) is 0 Å². The number of benzene rings is 1. The molecule has 112 valence electrons. The molecule has 1 fully saturated rings. The van der Waals surface area contributed by atoms with Crippen molar-refractivity contribution < 1.29 is 19.4 Å². The number of carbonyl (C=O) groups is 2. The SMILES string of the molecule is O=C(O)CC1CN(C(=O)NC2CCOC2)c2ccccc21. The molecule has 0 radical (unpaired) electrons. The number of para-hydroxylation sites is 1. The second-order valence-corrected chi connectivity index (χ2v) is 5.47. The largest absolute Gasteiger partial charge is 0.481 e. The van der Waals surface area contributed by atoms with Crippen molar-refractivity contribution in [1.29, 1.82) is 0 Å². The number of fused-ring (bicyclic) bond motifs is 1. The standard InChI is InChI=1S/C15H18N2O4/c18-14(19)7-10-8-17(13-4-2-1-3-12(10)13)15(20)16-11-5-6-21-9-11/h1-4,10-11H,5-9H2,(H,16,20)(H,18,19). The molecule has 1 saturated heterocycles. The topological polar surface area (TPSA) is 78.9 Å². The fraction of sp³-hybridized carbons (Fsp3) is 0.467. The molecule has 1 aromatic rings. The lowest BCUT2D eigenvalue weighted by Gasteiger charge is -2.21. The average Bonchev–Trinajstić information content (AvgIpc) is 3.07. The summed E-state index contributed by atoms with van der Waals surface area (Å²) < 4.78 is 5.25. The molecule has 2 atom stereocenters. The van der Waals surface area contributed by atoms with E-state index in [0.29, 0.717) is 19.8 Å². The number of rotatable bonds is 3. The van der Waals surface area contributed by atoms with Crippen LogP contribution in [0.15, 0.2) is 24.3 Å². The van der Waals surface area contributed by atoms with Crippen LogP contribution in [-0.4, -0.2) is 42.9 Å². The van der Waals surface area contributed by atoms with Crippen LogP contribution < -0.4 is 10.2 Å². The Morgan fingerprint density at radius 2 is 2.19 bits per heavy atom. The second-order valence-electron chi connectivity index (χ2n) is 5.47. The number of hydrogen-bond donors (Lipinski definition) is 2. The molecule has 3 rings (SSSR count). The Kier molecular flexibility index (Phi) is 3.79. The Morgan fingerprint density at radius 1 is 1.38 bits per heavy atom. The van der Waals surface area contributed by atoms with Gasteiger partial charge in [-0.15, -0.1) is 0 Å². The normalized spacial score (nSPS) is 23.9. The van der Waals surface area contributed by atoms with Gasteiger partial charge >= 0.3 is 12.0 Å². The first-order valence-corrected chi connectivity index (χ1v) is 7.11. The van der Waals surface area contributed by atoms with Gasteiger partial charge in [0.15, 0.2) is 0 Å². The summed E-state index contributed by atoms with van der Waals surface area (Å²) in [6.07, 6.45) is 0.854. The number of carboxylic acids is 1. The fourth-order valence-electron chi connectivity index (χ4n) is 2.97.